The van der Waals surface area contributed by atoms with Gasteiger partial charge in [-0.1, -0.05) is 6.07 Å². The molecule has 0 unspecified atom stereocenters. The molecule has 1 fully saturated rings. The van der Waals surface area contributed by atoms with Gasteiger partial charge in [0, 0.05) is 42.3 Å². The lowest BCUT2D eigenvalue weighted by Gasteiger charge is -2.06. The molecule has 1 N–H and O–H groups in total. The normalized spacial score (nSPS) is 14.1. The Labute approximate surface area is 142 Å². The molecule has 126 valence electrons. The Morgan fingerprint density at radius 3 is 2.83 bits per heavy atom. The van der Waals surface area contributed by atoms with E-state index in [2.05, 4.69) is 34.8 Å². The van der Waals surface area contributed by atoms with Gasteiger partial charge in [-0.2, -0.15) is 0 Å². The van der Waals surface area contributed by atoms with E-state index >= 15 is 0 Å². The van der Waals surface area contributed by atoms with Crippen LogP contribution in [0.25, 0.3) is 6.08 Å². The topological polar surface area (TPSA) is 56.1 Å². The molecule has 5 nitrogen and oxygen atoms in total. The molecule has 1 aliphatic carbocycles. The number of nitrogens with one attached hydrogen (secondary N) is 1. The number of nitrogens with zero attached hydrogens (tertiary/aromatic N) is 2. The van der Waals surface area contributed by atoms with Gasteiger partial charge in [0.1, 0.15) is 0 Å². The Bertz CT molecular complexity index is 756. The van der Waals surface area contributed by atoms with Gasteiger partial charge in [-0.05, 0) is 50.0 Å². The summed E-state index contributed by atoms with van der Waals surface area (Å²) in [7, 11) is 1.58. The van der Waals surface area contributed by atoms with E-state index in [4.69, 9.17) is 4.74 Å². The molecule has 1 amide bonds. The third-order valence-corrected chi connectivity index (χ3v) is 4.32. The van der Waals surface area contributed by atoms with Gasteiger partial charge < -0.3 is 14.6 Å². The Balaban J connectivity index is 1.58. The van der Waals surface area contributed by atoms with Crippen LogP contribution >= 0.6 is 0 Å². The fraction of sp³-hybridized carbons (Fsp3) is 0.368. The van der Waals surface area contributed by atoms with E-state index in [0.29, 0.717) is 18.5 Å². The molecule has 0 spiro atoms. The summed E-state index contributed by atoms with van der Waals surface area (Å²) in [6, 6.07) is 6.47. The van der Waals surface area contributed by atoms with Crippen LogP contribution in [0, 0.1) is 13.8 Å². The summed E-state index contributed by atoms with van der Waals surface area (Å²) in [5, 5.41) is 2.87. The summed E-state index contributed by atoms with van der Waals surface area (Å²) < 4.78 is 7.39. The van der Waals surface area contributed by atoms with Crippen molar-refractivity contribution in [2.75, 3.05) is 7.11 Å². The highest BCUT2D eigenvalue weighted by molar-refractivity contribution is 5.91. The average Bonchev–Trinajstić information content (AvgIpc) is 3.37. The first-order valence-corrected chi connectivity index (χ1v) is 8.21. The standard InChI is InChI=1S/C19H23N3O2/c1-13-10-16(14(2)22(13)17-6-7-17)5-8-18(23)20-11-15-4-9-19(24-3)21-12-15/h4-5,8-10,12,17H,6-7,11H2,1-3H3,(H,20,23)/b8-5+. The number of amides is 1. The van der Waals surface area contributed by atoms with Crippen LogP contribution in [0.4, 0.5) is 0 Å². The fourth-order valence-corrected chi connectivity index (χ4v) is 2.92. The number of hydrogen-bond acceptors (Lipinski definition) is 3. The number of carbonyl (C=O) groups excluding carboxylic acids is 1. The van der Waals surface area contributed by atoms with Crippen LogP contribution in [0.5, 0.6) is 5.88 Å². The fourth-order valence-electron chi connectivity index (χ4n) is 2.92. The van der Waals surface area contributed by atoms with E-state index < -0.39 is 0 Å². The van der Waals surface area contributed by atoms with Gasteiger partial charge in [-0.3, -0.25) is 4.79 Å². The Morgan fingerprint density at radius 1 is 1.42 bits per heavy atom. The highest BCUT2D eigenvalue weighted by Gasteiger charge is 2.26. The molecule has 3 rings (SSSR count). The van der Waals surface area contributed by atoms with E-state index in [1.165, 1.54) is 24.2 Å². The minimum atomic E-state index is -0.109. The van der Waals surface area contributed by atoms with Crippen molar-refractivity contribution in [3.05, 3.63) is 53.0 Å². The van der Waals surface area contributed by atoms with E-state index in [-0.39, 0.29) is 5.91 Å². The number of rotatable bonds is 6. The molecule has 24 heavy (non-hydrogen) atoms. The Morgan fingerprint density at radius 2 is 2.21 bits per heavy atom. The van der Waals surface area contributed by atoms with Crippen molar-refractivity contribution < 1.29 is 9.53 Å². The van der Waals surface area contributed by atoms with Gasteiger partial charge in [0.15, 0.2) is 0 Å². The molecule has 0 aromatic carbocycles. The first-order chi connectivity index (χ1) is 11.6. The number of aryl methyl sites for hydroxylation is 1. The molecule has 0 bridgehead atoms. The Hall–Kier alpha value is -2.56. The molecule has 5 heteroatoms. The van der Waals surface area contributed by atoms with Gasteiger partial charge in [0.25, 0.3) is 0 Å². The molecule has 1 saturated carbocycles. The molecule has 0 radical (unpaired) electrons. The summed E-state index contributed by atoms with van der Waals surface area (Å²) >= 11 is 0. The number of hydrogen-bond donors (Lipinski definition) is 1. The molecule has 0 atom stereocenters. The second-order valence-electron chi connectivity index (χ2n) is 6.19. The van der Waals surface area contributed by atoms with Crippen molar-refractivity contribution >= 4 is 12.0 Å². The minimum absolute atomic E-state index is 0.109. The van der Waals surface area contributed by atoms with Crippen LogP contribution in [0.1, 0.15) is 41.4 Å². The summed E-state index contributed by atoms with van der Waals surface area (Å²) in [6.45, 7) is 4.69. The molecule has 0 aliphatic heterocycles. The van der Waals surface area contributed by atoms with Crippen molar-refractivity contribution in [3.8, 4) is 5.88 Å². The molecule has 1 aliphatic rings. The SMILES string of the molecule is COc1ccc(CNC(=O)/C=C/c2cc(C)n(C3CC3)c2C)cn1. The van der Waals surface area contributed by atoms with E-state index in [0.717, 1.165) is 11.1 Å². The second-order valence-corrected chi connectivity index (χ2v) is 6.19. The van der Waals surface area contributed by atoms with Gasteiger partial charge in [0.05, 0.1) is 7.11 Å². The molecular weight excluding hydrogens is 302 g/mol. The van der Waals surface area contributed by atoms with E-state index in [1.807, 2.05) is 12.1 Å². The smallest absolute Gasteiger partial charge is 0.244 e. The van der Waals surface area contributed by atoms with Crippen LogP contribution in [0.15, 0.2) is 30.5 Å². The monoisotopic (exact) mass is 325 g/mol. The van der Waals surface area contributed by atoms with Gasteiger partial charge in [-0.25, -0.2) is 4.98 Å². The lowest BCUT2D eigenvalue weighted by molar-refractivity contribution is -0.116. The first kappa shape index (κ1) is 16.3. The lowest BCUT2D eigenvalue weighted by atomic mass is 10.2. The predicted molar refractivity (Wildman–Crippen MR) is 93.8 cm³/mol. The third-order valence-electron chi connectivity index (χ3n) is 4.32. The number of ether oxygens (including phenoxy) is 1. The number of pyridine rings is 1. The molecule has 0 saturated heterocycles. The maximum Gasteiger partial charge on any atom is 0.244 e. The number of carbonyl (C=O) groups is 1. The third kappa shape index (κ3) is 3.67. The molecule has 2 aromatic heterocycles. The average molecular weight is 325 g/mol. The van der Waals surface area contributed by atoms with Crippen LogP contribution < -0.4 is 10.1 Å². The minimum Gasteiger partial charge on any atom is -0.481 e. The van der Waals surface area contributed by atoms with Crippen molar-refractivity contribution in [1.29, 1.82) is 0 Å². The molecular formula is C19H23N3O2. The van der Waals surface area contributed by atoms with Crippen LogP contribution in [0.2, 0.25) is 0 Å². The van der Waals surface area contributed by atoms with E-state index in [1.54, 1.807) is 25.4 Å². The zero-order valence-electron chi connectivity index (χ0n) is 14.4. The first-order valence-electron chi connectivity index (χ1n) is 8.21. The van der Waals surface area contributed by atoms with Crippen LogP contribution in [0.3, 0.4) is 0 Å². The van der Waals surface area contributed by atoms with Gasteiger partial charge >= 0.3 is 0 Å². The summed E-state index contributed by atoms with van der Waals surface area (Å²) in [4.78, 5) is 16.1. The lowest BCUT2D eigenvalue weighted by Crippen LogP contribution is -2.20. The van der Waals surface area contributed by atoms with Gasteiger partial charge in [0.2, 0.25) is 11.8 Å². The maximum absolute atomic E-state index is 12.0. The van der Waals surface area contributed by atoms with Crippen molar-refractivity contribution in [1.82, 2.24) is 14.9 Å². The zero-order chi connectivity index (χ0) is 17.1. The molecule has 2 aromatic rings. The summed E-state index contributed by atoms with van der Waals surface area (Å²) in [5.74, 6) is 0.457. The van der Waals surface area contributed by atoms with Crippen LogP contribution in [-0.4, -0.2) is 22.6 Å². The number of methoxy groups -OCH3 is 1. The predicted octanol–water partition coefficient (Wildman–Crippen LogP) is 3.17. The van der Waals surface area contributed by atoms with Crippen molar-refractivity contribution in [3.63, 3.8) is 0 Å². The highest BCUT2D eigenvalue weighted by Crippen LogP contribution is 2.38. The van der Waals surface area contributed by atoms with Gasteiger partial charge in [-0.15, -0.1) is 0 Å². The van der Waals surface area contributed by atoms with Crippen molar-refractivity contribution in [2.45, 2.75) is 39.3 Å². The molecule has 2 heterocycles. The summed E-state index contributed by atoms with van der Waals surface area (Å²) in [5.41, 5.74) is 4.54. The van der Waals surface area contributed by atoms with Crippen LogP contribution in [-0.2, 0) is 11.3 Å². The second kappa shape index (κ2) is 6.91. The summed E-state index contributed by atoms with van der Waals surface area (Å²) in [6.07, 6.45) is 7.71. The highest BCUT2D eigenvalue weighted by atomic mass is 16.5. The largest absolute Gasteiger partial charge is 0.481 e. The van der Waals surface area contributed by atoms with Crippen molar-refractivity contribution in [2.24, 2.45) is 0 Å². The quantitative estimate of drug-likeness (QED) is 0.830. The Kier molecular flexibility index (Phi) is 4.69. The van der Waals surface area contributed by atoms with E-state index in [9.17, 15) is 4.79 Å². The number of aromatic nitrogens is 2. The zero-order valence-corrected chi connectivity index (χ0v) is 14.4. The maximum atomic E-state index is 12.0.